The van der Waals surface area contributed by atoms with Crippen molar-refractivity contribution < 1.29 is 9.59 Å². The van der Waals surface area contributed by atoms with Crippen LogP contribution in [-0.4, -0.2) is 27.6 Å². The van der Waals surface area contributed by atoms with Gasteiger partial charge in [0.15, 0.2) is 5.69 Å². The highest BCUT2D eigenvalue weighted by Crippen LogP contribution is 2.19. The number of rotatable bonds is 4. The molecule has 2 aromatic rings. The van der Waals surface area contributed by atoms with E-state index in [-0.39, 0.29) is 18.1 Å². The predicted octanol–water partition coefficient (Wildman–Crippen LogP) is 0.804. The van der Waals surface area contributed by atoms with Crippen LogP contribution in [-0.2, 0) is 11.3 Å². The summed E-state index contributed by atoms with van der Waals surface area (Å²) in [5.41, 5.74) is 6.27. The number of nitrogens with one attached hydrogen (secondary N) is 1. The normalized spacial score (nSPS) is 15.0. The second-order valence-corrected chi connectivity index (χ2v) is 5.08. The molecule has 0 bridgehead atoms. The van der Waals surface area contributed by atoms with Gasteiger partial charge in [0.1, 0.15) is 6.54 Å². The third-order valence-corrected chi connectivity index (χ3v) is 3.66. The molecule has 3 N–H and O–H groups in total. The fourth-order valence-corrected chi connectivity index (χ4v) is 2.39. The van der Waals surface area contributed by atoms with E-state index in [9.17, 15) is 9.59 Å². The molecule has 0 unspecified atom stereocenters. The lowest BCUT2D eigenvalue weighted by atomic mass is 9.93. The number of hydrogen-bond donors (Lipinski definition) is 2. The van der Waals surface area contributed by atoms with Crippen molar-refractivity contribution in [3.8, 4) is 0 Å². The van der Waals surface area contributed by atoms with Crippen molar-refractivity contribution >= 4 is 22.7 Å². The van der Waals surface area contributed by atoms with Crippen molar-refractivity contribution in [1.29, 1.82) is 0 Å². The summed E-state index contributed by atoms with van der Waals surface area (Å²) in [5, 5.41) is 7.79. The Bertz CT molecular complexity index is 673. The first-order valence-electron chi connectivity index (χ1n) is 6.70. The minimum atomic E-state index is -0.584. The van der Waals surface area contributed by atoms with Crippen molar-refractivity contribution in [2.45, 2.75) is 31.8 Å². The zero-order valence-corrected chi connectivity index (χ0v) is 11.0. The zero-order chi connectivity index (χ0) is 14.1. The Morgan fingerprint density at radius 1 is 1.35 bits per heavy atom. The molecule has 104 valence electrons. The zero-order valence-electron chi connectivity index (χ0n) is 11.0. The van der Waals surface area contributed by atoms with Gasteiger partial charge in [-0.05, 0) is 25.3 Å². The molecule has 1 aliphatic rings. The molecule has 1 saturated carbocycles. The molecule has 0 radical (unpaired) electrons. The van der Waals surface area contributed by atoms with Gasteiger partial charge in [0, 0.05) is 11.4 Å². The summed E-state index contributed by atoms with van der Waals surface area (Å²) in [6.45, 7) is 0.101. The predicted molar refractivity (Wildman–Crippen MR) is 74.0 cm³/mol. The summed E-state index contributed by atoms with van der Waals surface area (Å²) < 4.78 is 1.53. The molecular formula is C14H16N4O2. The van der Waals surface area contributed by atoms with E-state index >= 15 is 0 Å². The highest BCUT2D eigenvalue weighted by molar-refractivity contribution is 6.04. The van der Waals surface area contributed by atoms with Crippen LogP contribution in [0.2, 0.25) is 0 Å². The number of aromatic nitrogens is 2. The maximum atomic E-state index is 12.0. The van der Waals surface area contributed by atoms with Crippen LogP contribution in [0, 0.1) is 0 Å². The van der Waals surface area contributed by atoms with Crippen LogP contribution in [0.1, 0.15) is 29.8 Å². The van der Waals surface area contributed by atoms with Gasteiger partial charge in [-0.15, -0.1) is 0 Å². The number of nitrogens with two attached hydrogens (primary N) is 1. The maximum Gasteiger partial charge on any atom is 0.269 e. The van der Waals surface area contributed by atoms with E-state index in [4.69, 9.17) is 5.73 Å². The molecule has 0 spiro atoms. The average Bonchev–Trinajstić information content (AvgIpc) is 2.74. The third-order valence-electron chi connectivity index (χ3n) is 3.66. The van der Waals surface area contributed by atoms with Crippen LogP contribution < -0.4 is 11.1 Å². The summed E-state index contributed by atoms with van der Waals surface area (Å²) >= 11 is 0. The van der Waals surface area contributed by atoms with Crippen molar-refractivity contribution in [3.63, 3.8) is 0 Å². The molecule has 2 amide bonds. The van der Waals surface area contributed by atoms with E-state index in [0.717, 1.165) is 18.4 Å². The van der Waals surface area contributed by atoms with Crippen LogP contribution in [0.3, 0.4) is 0 Å². The highest BCUT2D eigenvalue weighted by Gasteiger charge is 2.21. The Morgan fingerprint density at radius 2 is 2.10 bits per heavy atom. The maximum absolute atomic E-state index is 12.0. The van der Waals surface area contributed by atoms with Crippen LogP contribution >= 0.6 is 0 Å². The third kappa shape index (κ3) is 2.24. The molecule has 6 heteroatoms. The van der Waals surface area contributed by atoms with E-state index in [1.165, 1.54) is 11.1 Å². The molecule has 0 aliphatic heterocycles. The first-order valence-corrected chi connectivity index (χ1v) is 6.70. The number of fused-ring (bicyclic) bond motifs is 1. The number of amides is 2. The van der Waals surface area contributed by atoms with Crippen molar-refractivity contribution in [1.82, 2.24) is 15.1 Å². The fraction of sp³-hybridized carbons (Fsp3) is 0.357. The second-order valence-electron chi connectivity index (χ2n) is 5.08. The van der Waals surface area contributed by atoms with Crippen molar-refractivity contribution in [2.24, 2.45) is 5.73 Å². The van der Waals surface area contributed by atoms with Crippen LogP contribution in [0.5, 0.6) is 0 Å². The minimum Gasteiger partial charge on any atom is -0.364 e. The molecule has 3 rings (SSSR count). The van der Waals surface area contributed by atoms with Crippen LogP contribution in [0.15, 0.2) is 24.3 Å². The molecule has 20 heavy (non-hydrogen) atoms. The Kier molecular flexibility index (Phi) is 3.14. The number of primary amides is 1. The molecule has 1 aromatic heterocycles. The van der Waals surface area contributed by atoms with Crippen molar-refractivity contribution in [2.75, 3.05) is 0 Å². The molecule has 0 saturated heterocycles. The quantitative estimate of drug-likeness (QED) is 0.862. The summed E-state index contributed by atoms with van der Waals surface area (Å²) in [6.07, 6.45) is 3.25. The minimum absolute atomic E-state index is 0.0843. The van der Waals surface area contributed by atoms with Gasteiger partial charge < -0.3 is 11.1 Å². The van der Waals surface area contributed by atoms with Gasteiger partial charge in [0.05, 0.1) is 5.52 Å². The summed E-state index contributed by atoms with van der Waals surface area (Å²) in [6, 6.07) is 7.55. The lowest BCUT2D eigenvalue weighted by Crippen LogP contribution is -2.41. The largest absolute Gasteiger partial charge is 0.364 e. The summed E-state index contributed by atoms with van der Waals surface area (Å²) in [4.78, 5) is 23.3. The highest BCUT2D eigenvalue weighted by atomic mass is 16.2. The molecule has 0 atom stereocenters. The van der Waals surface area contributed by atoms with E-state index in [1.807, 2.05) is 18.2 Å². The smallest absolute Gasteiger partial charge is 0.269 e. The van der Waals surface area contributed by atoms with Gasteiger partial charge in [0.2, 0.25) is 5.91 Å². The number of nitrogens with zero attached hydrogens (tertiary/aromatic N) is 2. The average molecular weight is 272 g/mol. The number of para-hydroxylation sites is 1. The SMILES string of the molecule is NC(=O)c1nn(CC(=O)NC2CCC2)c2ccccc12. The van der Waals surface area contributed by atoms with E-state index in [1.54, 1.807) is 6.07 Å². The van der Waals surface area contributed by atoms with Gasteiger partial charge in [0.25, 0.3) is 5.91 Å². The Hall–Kier alpha value is -2.37. The topological polar surface area (TPSA) is 90.0 Å². The summed E-state index contributed by atoms with van der Waals surface area (Å²) in [5.74, 6) is -0.668. The van der Waals surface area contributed by atoms with E-state index in [0.29, 0.717) is 11.4 Å². The number of carbonyl (C=O) groups is 2. The second kappa shape index (κ2) is 4.96. The lowest BCUT2D eigenvalue weighted by Gasteiger charge is -2.26. The molecule has 6 nitrogen and oxygen atoms in total. The monoisotopic (exact) mass is 272 g/mol. The van der Waals surface area contributed by atoms with Crippen molar-refractivity contribution in [3.05, 3.63) is 30.0 Å². The Labute approximate surface area is 115 Å². The first-order chi connectivity index (χ1) is 9.65. The Balaban J connectivity index is 1.87. The van der Waals surface area contributed by atoms with Crippen LogP contribution in [0.4, 0.5) is 0 Å². The number of hydrogen-bond acceptors (Lipinski definition) is 3. The fourth-order valence-electron chi connectivity index (χ4n) is 2.39. The van der Waals surface area contributed by atoms with Gasteiger partial charge in [-0.3, -0.25) is 14.3 Å². The number of carbonyl (C=O) groups excluding carboxylic acids is 2. The van der Waals surface area contributed by atoms with E-state index in [2.05, 4.69) is 10.4 Å². The molecular weight excluding hydrogens is 256 g/mol. The lowest BCUT2D eigenvalue weighted by molar-refractivity contribution is -0.123. The Morgan fingerprint density at radius 3 is 2.75 bits per heavy atom. The van der Waals surface area contributed by atoms with Gasteiger partial charge in [-0.25, -0.2) is 0 Å². The molecule has 1 aromatic carbocycles. The standard InChI is InChI=1S/C14H16N4O2/c15-14(20)13-10-6-1-2-7-11(10)18(17-13)8-12(19)16-9-4-3-5-9/h1-2,6-7,9H,3-5,8H2,(H2,15,20)(H,16,19). The molecule has 1 heterocycles. The van der Waals surface area contributed by atoms with Gasteiger partial charge in [-0.2, -0.15) is 5.10 Å². The van der Waals surface area contributed by atoms with Crippen LogP contribution in [0.25, 0.3) is 10.9 Å². The van der Waals surface area contributed by atoms with Gasteiger partial charge >= 0.3 is 0 Å². The first kappa shape index (κ1) is 12.7. The molecule has 1 fully saturated rings. The number of benzene rings is 1. The molecule has 1 aliphatic carbocycles. The van der Waals surface area contributed by atoms with Gasteiger partial charge in [-0.1, -0.05) is 18.2 Å². The summed E-state index contributed by atoms with van der Waals surface area (Å²) in [7, 11) is 0. The van der Waals surface area contributed by atoms with E-state index < -0.39 is 5.91 Å².